The van der Waals surface area contributed by atoms with Gasteiger partial charge in [-0.25, -0.2) is 0 Å². The number of hydrogen-bond acceptors (Lipinski definition) is 18. The van der Waals surface area contributed by atoms with Gasteiger partial charge in [0.1, 0.15) is 66.2 Å². The van der Waals surface area contributed by atoms with Crippen LogP contribution < -0.4 is 70.8 Å². The number of carbonyl (C=O) groups excluding carboxylic acids is 11. The second-order valence-electron chi connectivity index (χ2n) is 19.2. The van der Waals surface area contributed by atoms with E-state index in [1.807, 2.05) is 0 Å². The van der Waals surface area contributed by atoms with E-state index in [-0.39, 0.29) is 50.8 Å². The Morgan fingerprint density at radius 1 is 0.564 bits per heavy atom. The SMILES string of the molecule is CC[C@H](C)[C@H](NC(=O)[C@H](CO)NC(=O)[C@H](CCCCN)NC(=O)[C@H](CCC(N)=O)NC(=O)[C@@H](N)CO)C(=O)N[C@H](C(=O)N[C@@H](C)C(=O)N[C@@H](Cc1ccc(O)cc1)C(=O)N[C@H](C(=O)N[C@@H](CCSC)C(N)=O)[C@@H](C)O)C(C)C. The lowest BCUT2D eigenvalue weighted by Crippen LogP contribution is -2.62. The molecule has 0 spiro atoms. The number of aromatic hydroxyl groups is 1. The van der Waals surface area contributed by atoms with E-state index in [1.165, 1.54) is 49.9 Å². The summed E-state index contributed by atoms with van der Waals surface area (Å²) in [6.07, 6.45) is 0.509. The minimum Gasteiger partial charge on any atom is -0.508 e. The largest absolute Gasteiger partial charge is 0.508 e. The summed E-state index contributed by atoms with van der Waals surface area (Å²) in [5.74, 6) is -10.9. The predicted molar refractivity (Wildman–Crippen MR) is 287 cm³/mol. The molecule has 12 atom stereocenters. The Kier molecular flexibility index (Phi) is 31.7. The van der Waals surface area contributed by atoms with Gasteiger partial charge in [-0.05, 0) is 94.0 Å². The third-order valence-corrected chi connectivity index (χ3v) is 13.0. The quantitative estimate of drug-likeness (QED) is 0.0276. The van der Waals surface area contributed by atoms with Crippen LogP contribution in [0.25, 0.3) is 0 Å². The van der Waals surface area contributed by atoms with Crippen molar-refractivity contribution in [2.24, 2.45) is 34.8 Å². The summed E-state index contributed by atoms with van der Waals surface area (Å²) in [7, 11) is 0. The third kappa shape index (κ3) is 24.3. The van der Waals surface area contributed by atoms with Crippen LogP contribution in [-0.2, 0) is 59.2 Å². The monoisotopic (exact) mass is 1130 g/mol. The fraction of sp³-hybridized carbons (Fsp3) is 0.653. The second kappa shape index (κ2) is 35.7. The number of aliphatic hydroxyl groups excluding tert-OH is 3. The highest BCUT2D eigenvalue weighted by Gasteiger charge is 2.37. The first-order valence-electron chi connectivity index (χ1n) is 25.6. The Balaban J connectivity index is 3.35. The number of phenols is 1. The van der Waals surface area contributed by atoms with Crippen LogP contribution in [0.5, 0.6) is 5.75 Å². The van der Waals surface area contributed by atoms with E-state index in [1.54, 1.807) is 34.0 Å². The number of thioether (sulfide) groups is 1. The Labute approximate surface area is 458 Å². The maximum absolute atomic E-state index is 14.1. The molecule has 0 aliphatic rings. The van der Waals surface area contributed by atoms with Crippen LogP contribution in [-0.4, -0.2) is 184 Å². The highest BCUT2D eigenvalue weighted by molar-refractivity contribution is 7.98. The number of carbonyl (C=O) groups is 11. The lowest BCUT2D eigenvalue weighted by Gasteiger charge is -2.30. The van der Waals surface area contributed by atoms with Crippen LogP contribution in [0.3, 0.4) is 0 Å². The molecule has 0 saturated carbocycles. The first-order valence-corrected chi connectivity index (χ1v) is 27.0. The molecule has 1 rings (SSSR count). The maximum Gasteiger partial charge on any atom is 0.245 e. The summed E-state index contributed by atoms with van der Waals surface area (Å²) in [5.41, 5.74) is 22.4. The molecule has 0 fully saturated rings. The zero-order valence-corrected chi connectivity index (χ0v) is 46.1. The van der Waals surface area contributed by atoms with Gasteiger partial charge in [-0.2, -0.15) is 11.8 Å². The second-order valence-corrected chi connectivity index (χ2v) is 20.2. The number of rotatable bonds is 37. The lowest BCUT2D eigenvalue weighted by atomic mass is 9.96. The topological polar surface area (TPSA) is 481 Å². The van der Waals surface area contributed by atoms with Gasteiger partial charge >= 0.3 is 0 Å². The van der Waals surface area contributed by atoms with Crippen molar-refractivity contribution in [2.75, 3.05) is 31.8 Å². The van der Waals surface area contributed by atoms with Crippen LogP contribution in [0.15, 0.2) is 24.3 Å². The van der Waals surface area contributed by atoms with Gasteiger partial charge in [0.2, 0.25) is 65.0 Å². The minimum atomic E-state index is -1.71. The molecule has 0 bridgehead atoms. The normalized spacial score (nSPS) is 15.8. The van der Waals surface area contributed by atoms with Crippen molar-refractivity contribution in [2.45, 2.75) is 159 Å². The van der Waals surface area contributed by atoms with E-state index in [4.69, 9.17) is 22.9 Å². The molecule has 1 aromatic rings. The zero-order chi connectivity index (χ0) is 59.4. The van der Waals surface area contributed by atoms with Crippen LogP contribution >= 0.6 is 11.8 Å². The fourth-order valence-electron chi connectivity index (χ4n) is 7.34. The van der Waals surface area contributed by atoms with Crippen LogP contribution in [0, 0.1) is 11.8 Å². The molecule has 11 amide bonds. The van der Waals surface area contributed by atoms with Crippen molar-refractivity contribution in [3.63, 3.8) is 0 Å². The van der Waals surface area contributed by atoms with Gasteiger partial charge in [0.25, 0.3) is 0 Å². The maximum atomic E-state index is 14.1. The fourth-order valence-corrected chi connectivity index (χ4v) is 7.81. The van der Waals surface area contributed by atoms with Crippen molar-refractivity contribution in [3.8, 4) is 5.75 Å². The molecule has 1 aromatic carbocycles. The van der Waals surface area contributed by atoms with E-state index in [2.05, 4.69) is 47.9 Å². The number of aliphatic hydroxyl groups is 3. The highest BCUT2D eigenvalue weighted by Crippen LogP contribution is 2.14. The standard InChI is InChI=1S/C49H83N13O15S/c1-8-25(4)38(61-46(74)35(23-64)59-43(71)32(11-9-10-19-50)57-44(72)33(16-17-36(52)67)56-42(70)30(51)22-63)48(76)60-37(24(2)3)47(75)54-26(5)41(69)58-34(21-28-12-14-29(66)15-13-28)45(73)62-39(27(6)65)49(77)55-31(40(53)68)18-20-78-7/h12-15,24-27,30-35,37-39,63-66H,8-11,16-23,50-51H2,1-7H3,(H2,52,67)(H2,53,68)(H,54,75)(H,55,77)(H,56,70)(H,57,72)(H,58,69)(H,59,71)(H,60,76)(H,61,74)(H,62,73)/t25-,26-,27+,30-,31-,32-,33-,34-,35-,37-,38-,39-/m0/s1. The summed E-state index contributed by atoms with van der Waals surface area (Å²) in [4.78, 5) is 146. The molecule has 28 nitrogen and oxygen atoms in total. The van der Waals surface area contributed by atoms with E-state index in [0.717, 1.165) is 0 Å². The number of unbranched alkanes of at least 4 members (excludes halogenated alkanes) is 1. The van der Waals surface area contributed by atoms with Gasteiger partial charge in [-0.15, -0.1) is 0 Å². The molecule has 78 heavy (non-hydrogen) atoms. The number of amides is 11. The molecule has 0 unspecified atom stereocenters. The van der Waals surface area contributed by atoms with Crippen molar-refractivity contribution < 1.29 is 73.2 Å². The minimum absolute atomic E-state index is 0.0435. The van der Waals surface area contributed by atoms with Crippen LogP contribution in [0.4, 0.5) is 0 Å². The van der Waals surface area contributed by atoms with Crippen LogP contribution in [0.1, 0.15) is 92.1 Å². The number of phenolic OH excluding ortho intramolecular Hbond substituents is 1. The molecular formula is C49H83N13O15S. The Morgan fingerprint density at radius 3 is 1.56 bits per heavy atom. The van der Waals surface area contributed by atoms with Gasteiger partial charge in [-0.3, -0.25) is 52.7 Å². The number of benzene rings is 1. The summed E-state index contributed by atoms with van der Waals surface area (Å²) >= 11 is 1.40. The number of hydrogen-bond donors (Lipinski definition) is 17. The molecule has 440 valence electrons. The molecule has 0 radical (unpaired) electrons. The predicted octanol–water partition coefficient (Wildman–Crippen LogP) is -5.65. The Morgan fingerprint density at radius 2 is 1.05 bits per heavy atom. The van der Waals surface area contributed by atoms with E-state index in [0.29, 0.717) is 24.2 Å². The van der Waals surface area contributed by atoms with Gasteiger partial charge < -0.3 is 91.2 Å². The number of nitrogens with one attached hydrogen (secondary N) is 9. The average Bonchev–Trinajstić information content (AvgIpc) is 3.39. The van der Waals surface area contributed by atoms with Crippen molar-refractivity contribution in [1.29, 1.82) is 0 Å². The summed E-state index contributed by atoms with van der Waals surface area (Å²) in [5, 5.41) is 62.2. The lowest BCUT2D eigenvalue weighted by molar-refractivity contribution is -0.137. The summed E-state index contributed by atoms with van der Waals surface area (Å²) in [6, 6.07) is -8.66. The van der Waals surface area contributed by atoms with E-state index >= 15 is 0 Å². The van der Waals surface area contributed by atoms with Crippen molar-refractivity contribution >= 4 is 76.7 Å². The summed E-state index contributed by atoms with van der Waals surface area (Å²) in [6.45, 7) is 7.47. The molecule has 0 heterocycles. The highest BCUT2D eigenvalue weighted by atomic mass is 32.2. The first-order chi connectivity index (χ1) is 36.6. The smallest absolute Gasteiger partial charge is 0.245 e. The average molecular weight is 1130 g/mol. The van der Waals surface area contributed by atoms with Gasteiger partial charge in [0, 0.05) is 12.8 Å². The van der Waals surface area contributed by atoms with Crippen molar-refractivity contribution in [1.82, 2.24) is 47.9 Å². The zero-order valence-electron chi connectivity index (χ0n) is 45.3. The van der Waals surface area contributed by atoms with Gasteiger partial charge in [0.15, 0.2) is 0 Å². The summed E-state index contributed by atoms with van der Waals surface area (Å²) < 4.78 is 0. The molecular weight excluding hydrogens is 1040 g/mol. The third-order valence-electron chi connectivity index (χ3n) is 12.4. The molecule has 29 heteroatoms. The van der Waals surface area contributed by atoms with E-state index in [9.17, 15) is 73.2 Å². The van der Waals surface area contributed by atoms with E-state index < -0.39 is 157 Å². The van der Waals surface area contributed by atoms with Crippen LogP contribution in [0.2, 0.25) is 0 Å². The number of nitrogens with two attached hydrogens (primary N) is 4. The van der Waals surface area contributed by atoms with Crippen molar-refractivity contribution in [3.05, 3.63) is 29.8 Å². The Bertz CT molecular complexity index is 2170. The number of primary amides is 2. The molecule has 0 aliphatic carbocycles. The van der Waals surface area contributed by atoms with Gasteiger partial charge in [-0.1, -0.05) is 46.2 Å². The first kappa shape index (κ1) is 69.4. The molecule has 0 aliphatic heterocycles. The molecule has 0 saturated heterocycles. The van der Waals surface area contributed by atoms with Gasteiger partial charge in [0.05, 0.1) is 19.3 Å². The Hall–Kier alpha value is -6.66. The molecule has 21 N–H and O–H groups in total. The molecule has 0 aromatic heterocycles.